The predicted octanol–water partition coefficient (Wildman–Crippen LogP) is 1.13. The maximum atomic E-state index is 12.1. The Morgan fingerprint density at radius 1 is 1.56 bits per heavy atom. The Hall–Kier alpha value is -2.08. The van der Waals surface area contributed by atoms with Crippen LogP contribution in [-0.4, -0.2) is 43.1 Å². The van der Waals surface area contributed by atoms with E-state index in [1.165, 1.54) is 0 Å². The number of ether oxygens (including phenoxy) is 1. The van der Waals surface area contributed by atoms with E-state index in [0.717, 1.165) is 0 Å². The second kappa shape index (κ2) is 5.05. The third kappa shape index (κ3) is 2.43. The molecule has 6 nitrogen and oxygen atoms in total. The van der Waals surface area contributed by atoms with Crippen molar-refractivity contribution < 1.29 is 13.9 Å². The summed E-state index contributed by atoms with van der Waals surface area (Å²) in [6.07, 6.45) is 0. The summed E-state index contributed by atoms with van der Waals surface area (Å²) < 4.78 is 10.1. The van der Waals surface area contributed by atoms with Crippen LogP contribution >= 0.6 is 0 Å². The number of methoxy groups -OCH3 is 1. The van der Waals surface area contributed by atoms with Gasteiger partial charge in [-0.2, -0.15) is 4.98 Å². The summed E-state index contributed by atoms with van der Waals surface area (Å²) in [5.41, 5.74) is 7.16. The fraction of sp³-hybridized carbons (Fsp3) is 0.333. The fourth-order valence-corrected chi connectivity index (χ4v) is 1.63. The van der Waals surface area contributed by atoms with E-state index in [9.17, 15) is 4.79 Å². The highest BCUT2D eigenvalue weighted by Crippen LogP contribution is 2.18. The minimum absolute atomic E-state index is 0.0875. The minimum Gasteiger partial charge on any atom is -0.424 e. The van der Waals surface area contributed by atoms with Gasteiger partial charge in [0.05, 0.1) is 6.61 Å². The topological polar surface area (TPSA) is 81.6 Å². The highest BCUT2D eigenvalue weighted by Gasteiger charge is 2.13. The maximum Gasteiger partial charge on any atom is 0.292 e. The van der Waals surface area contributed by atoms with Gasteiger partial charge in [-0.25, -0.2) is 0 Å². The van der Waals surface area contributed by atoms with Crippen LogP contribution in [-0.2, 0) is 4.74 Å². The van der Waals surface area contributed by atoms with Gasteiger partial charge in [-0.15, -0.1) is 0 Å². The Morgan fingerprint density at radius 2 is 2.33 bits per heavy atom. The number of nitrogens with zero attached hydrogens (tertiary/aromatic N) is 2. The standard InChI is InChI=1S/C12H15N3O3/c1-15(5-6-17-2)11(16)8-3-4-10-9(7-8)14-12(13)18-10/h3-4,7H,5-6H2,1-2H3,(H2,13,14). The maximum absolute atomic E-state index is 12.1. The van der Waals surface area contributed by atoms with Gasteiger partial charge in [-0.05, 0) is 18.2 Å². The van der Waals surface area contributed by atoms with Crippen LogP contribution in [0.5, 0.6) is 0 Å². The molecule has 0 aliphatic carbocycles. The molecule has 1 aromatic heterocycles. The van der Waals surface area contributed by atoms with Crippen LogP contribution in [0.4, 0.5) is 6.01 Å². The van der Waals surface area contributed by atoms with E-state index >= 15 is 0 Å². The molecule has 0 atom stereocenters. The van der Waals surface area contributed by atoms with Crippen molar-refractivity contribution in [2.24, 2.45) is 0 Å². The van der Waals surface area contributed by atoms with Crippen LogP contribution in [0.25, 0.3) is 11.1 Å². The lowest BCUT2D eigenvalue weighted by atomic mass is 10.2. The monoisotopic (exact) mass is 249 g/mol. The van der Waals surface area contributed by atoms with Crippen molar-refractivity contribution in [2.45, 2.75) is 0 Å². The summed E-state index contributed by atoms with van der Waals surface area (Å²) in [7, 11) is 3.32. The summed E-state index contributed by atoms with van der Waals surface area (Å²) >= 11 is 0. The number of benzene rings is 1. The molecule has 18 heavy (non-hydrogen) atoms. The minimum atomic E-state index is -0.0875. The first-order valence-electron chi connectivity index (χ1n) is 5.52. The molecular formula is C12H15N3O3. The first-order chi connectivity index (χ1) is 8.61. The van der Waals surface area contributed by atoms with Crippen LogP contribution in [0.3, 0.4) is 0 Å². The van der Waals surface area contributed by atoms with Gasteiger partial charge in [-0.1, -0.05) is 0 Å². The van der Waals surface area contributed by atoms with E-state index in [4.69, 9.17) is 14.9 Å². The predicted molar refractivity (Wildman–Crippen MR) is 67.3 cm³/mol. The molecule has 2 aromatic rings. The van der Waals surface area contributed by atoms with E-state index in [-0.39, 0.29) is 11.9 Å². The van der Waals surface area contributed by atoms with Gasteiger partial charge in [0.15, 0.2) is 5.58 Å². The summed E-state index contributed by atoms with van der Waals surface area (Å²) in [5.74, 6) is -0.0875. The normalized spacial score (nSPS) is 10.8. The second-order valence-electron chi connectivity index (χ2n) is 3.95. The zero-order valence-corrected chi connectivity index (χ0v) is 10.3. The third-order valence-corrected chi connectivity index (χ3v) is 2.63. The molecule has 0 saturated carbocycles. The molecular weight excluding hydrogens is 234 g/mol. The molecule has 0 aliphatic rings. The van der Waals surface area contributed by atoms with Crippen molar-refractivity contribution in [1.29, 1.82) is 0 Å². The molecule has 1 amide bonds. The van der Waals surface area contributed by atoms with Gasteiger partial charge in [0.25, 0.3) is 11.9 Å². The molecule has 6 heteroatoms. The molecule has 0 bridgehead atoms. The quantitative estimate of drug-likeness (QED) is 0.878. The Bertz CT molecular complexity index is 565. The first kappa shape index (κ1) is 12.4. The van der Waals surface area contributed by atoms with Crippen LogP contribution in [0, 0.1) is 0 Å². The van der Waals surface area contributed by atoms with Crippen molar-refractivity contribution in [1.82, 2.24) is 9.88 Å². The van der Waals surface area contributed by atoms with E-state index in [0.29, 0.717) is 29.8 Å². The Kier molecular flexibility index (Phi) is 3.47. The number of nitrogen functional groups attached to an aromatic ring is 1. The van der Waals surface area contributed by atoms with Gasteiger partial charge in [0.2, 0.25) is 0 Å². The average molecular weight is 249 g/mol. The molecule has 0 fully saturated rings. The lowest BCUT2D eigenvalue weighted by Gasteiger charge is -2.16. The Balaban J connectivity index is 2.22. The molecule has 0 saturated heterocycles. The summed E-state index contributed by atoms with van der Waals surface area (Å²) in [4.78, 5) is 17.7. The number of anilines is 1. The Morgan fingerprint density at radius 3 is 3.06 bits per heavy atom. The first-order valence-corrected chi connectivity index (χ1v) is 5.52. The number of nitrogens with two attached hydrogens (primary N) is 1. The van der Waals surface area contributed by atoms with Crippen molar-refractivity contribution >= 4 is 23.0 Å². The SMILES string of the molecule is COCCN(C)C(=O)c1ccc2oc(N)nc2c1. The highest BCUT2D eigenvalue weighted by atomic mass is 16.5. The number of carbonyl (C=O) groups is 1. The van der Waals surface area contributed by atoms with E-state index in [2.05, 4.69) is 4.98 Å². The lowest BCUT2D eigenvalue weighted by molar-refractivity contribution is 0.0744. The largest absolute Gasteiger partial charge is 0.424 e. The third-order valence-electron chi connectivity index (χ3n) is 2.63. The van der Waals surface area contributed by atoms with Crippen LogP contribution < -0.4 is 5.73 Å². The van der Waals surface area contributed by atoms with E-state index in [1.54, 1.807) is 37.3 Å². The number of oxazole rings is 1. The Labute approximate surface area is 104 Å². The molecule has 0 unspecified atom stereocenters. The molecule has 0 spiro atoms. The number of amides is 1. The van der Waals surface area contributed by atoms with Crippen LogP contribution in [0.1, 0.15) is 10.4 Å². The summed E-state index contributed by atoms with van der Waals surface area (Å²) in [6.45, 7) is 1.04. The molecule has 1 aromatic carbocycles. The smallest absolute Gasteiger partial charge is 0.292 e. The number of fused-ring (bicyclic) bond motifs is 1. The van der Waals surface area contributed by atoms with Crippen LogP contribution in [0.2, 0.25) is 0 Å². The lowest BCUT2D eigenvalue weighted by Crippen LogP contribution is -2.29. The number of rotatable bonds is 4. The van der Waals surface area contributed by atoms with Crippen molar-refractivity contribution in [2.75, 3.05) is 33.0 Å². The molecule has 2 N–H and O–H groups in total. The van der Waals surface area contributed by atoms with E-state index in [1.807, 2.05) is 0 Å². The molecule has 1 heterocycles. The fourth-order valence-electron chi connectivity index (χ4n) is 1.63. The second-order valence-corrected chi connectivity index (χ2v) is 3.95. The number of carbonyl (C=O) groups excluding carboxylic acids is 1. The van der Waals surface area contributed by atoms with E-state index < -0.39 is 0 Å². The van der Waals surface area contributed by atoms with Gasteiger partial charge in [0.1, 0.15) is 5.52 Å². The van der Waals surface area contributed by atoms with Crippen molar-refractivity contribution in [3.63, 3.8) is 0 Å². The van der Waals surface area contributed by atoms with Gasteiger partial charge in [0, 0.05) is 26.3 Å². The van der Waals surface area contributed by atoms with Gasteiger partial charge in [-0.3, -0.25) is 4.79 Å². The highest BCUT2D eigenvalue weighted by molar-refractivity contribution is 5.97. The number of hydrogen-bond donors (Lipinski definition) is 1. The zero-order valence-electron chi connectivity index (χ0n) is 10.3. The summed E-state index contributed by atoms with van der Waals surface area (Å²) in [5, 5.41) is 0. The number of hydrogen-bond acceptors (Lipinski definition) is 5. The zero-order chi connectivity index (χ0) is 13.1. The average Bonchev–Trinajstić information content (AvgIpc) is 2.73. The molecule has 0 radical (unpaired) electrons. The molecule has 0 aliphatic heterocycles. The van der Waals surface area contributed by atoms with Crippen molar-refractivity contribution in [3.05, 3.63) is 23.8 Å². The van der Waals surface area contributed by atoms with Crippen LogP contribution in [0.15, 0.2) is 22.6 Å². The molecule has 2 rings (SSSR count). The summed E-state index contributed by atoms with van der Waals surface area (Å²) in [6, 6.07) is 5.15. The van der Waals surface area contributed by atoms with Gasteiger partial charge >= 0.3 is 0 Å². The van der Waals surface area contributed by atoms with Crippen molar-refractivity contribution in [3.8, 4) is 0 Å². The number of likely N-dealkylation sites (N-methyl/N-ethyl adjacent to an activating group) is 1. The number of aromatic nitrogens is 1. The van der Waals surface area contributed by atoms with Gasteiger partial charge < -0.3 is 19.8 Å². The molecule has 96 valence electrons.